The minimum atomic E-state index is 0.748. The predicted molar refractivity (Wildman–Crippen MR) is 63.5 cm³/mol. The first-order chi connectivity index (χ1) is 6.65. The van der Waals surface area contributed by atoms with Crippen molar-refractivity contribution < 1.29 is 0 Å². The smallest absolute Gasteiger partial charge is 0.00747 e. The lowest BCUT2D eigenvalue weighted by Gasteiger charge is -2.34. The zero-order valence-corrected chi connectivity index (χ0v) is 10.3. The molecule has 1 N–H and O–H groups in total. The van der Waals surface area contributed by atoms with Crippen LogP contribution in [-0.4, -0.2) is 12.1 Å². The highest BCUT2D eigenvalue weighted by molar-refractivity contribution is 4.81. The first-order valence-corrected chi connectivity index (χ1v) is 6.41. The lowest BCUT2D eigenvalue weighted by molar-refractivity contribution is 0.222. The van der Waals surface area contributed by atoms with Gasteiger partial charge in [0.25, 0.3) is 0 Å². The van der Waals surface area contributed by atoms with Crippen LogP contribution in [0.2, 0.25) is 0 Å². The van der Waals surface area contributed by atoms with Gasteiger partial charge in [0.2, 0.25) is 0 Å². The van der Waals surface area contributed by atoms with Crippen molar-refractivity contribution in [3.63, 3.8) is 0 Å². The highest BCUT2D eigenvalue weighted by Gasteiger charge is 2.24. The Kier molecular flexibility index (Phi) is 4.94. The third-order valence-electron chi connectivity index (χ3n) is 3.64. The quantitative estimate of drug-likeness (QED) is 0.726. The first kappa shape index (κ1) is 12.0. The van der Waals surface area contributed by atoms with Gasteiger partial charge in [-0.25, -0.2) is 0 Å². The van der Waals surface area contributed by atoms with Crippen molar-refractivity contribution in [2.24, 2.45) is 11.8 Å². The molecule has 1 heteroatoms. The first-order valence-electron chi connectivity index (χ1n) is 6.41. The molecule has 0 heterocycles. The van der Waals surface area contributed by atoms with Gasteiger partial charge >= 0.3 is 0 Å². The van der Waals surface area contributed by atoms with E-state index < -0.39 is 0 Å². The zero-order chi connectivity index (χ0) is 10.6. The van der Waals surface area contributed by atoms with Crippen molar-refractivity contribution in [1.29, 1.82) is 0 Å². The summed E-state index contributed by atoms with van der Waals surface area (Å²) in [6.07, 6.45) is 6.76. The summed E-state index contributed by atoms with van der Waals surface area (Å²) in [4.78, 5) is 0. The normalized spacial score (nSPS) is 33.6. The van der Waals surface area contributed by atoms with Crippen LogP contribution in [0, 0.1) is 11.8 Å². The molecule has 1 unspecified atom stereocenters. The van der Waals surface area contributed by atoms with Crippen LogP contribution in [0.3, 0.4) is 0 Å². The Hall–Kier alpha value is -0.0400. The fraction of sp³-hybridized carbons (Fsp3) is 1.00. The molecule has 1 fully saturated rings. The van der Waals surface area contributed by atoms with E-state index in [2.05, 4.69) is 33.0 Å². The topological polar surface area (TPSA) is 12.0 Å². The summed E-state index contributed by atoms with van der Waals surface area (Å²) < 4.78 is 0. The molecule has 1 aliphatic carbocycles. The van der Waals surface area contributed by atoms with Crippen LogP contribution in [0.15, 0.2) is 0 Å². The van der Waals surface area contributed by atoms with Gasteiger partial charge in [-0.1, -0.05) is 27.7 Å². The molecule has 0 radical (unpaired) electrons. The van der Waals surface area contributed by atoms with Gasteiger partial charge in [0.05, 0.1) is 0 Å². The van der Waals surface area contributed by atoms with Crippen molar-refractivity contribution in [2.75, 3.05) is 0 Å². The maximum atomic E-state index is 3.82. The molecule has 0 saturated heterocycles. The average Bonchev–Trinajstić information content (AvgIpc) is 2.12. The van der Waals surface area contributed by atoms with Crippen molar-refractivity contribution in [2.45, 2.75) is 71.9 Å². The Labute approximate surface area is 89.7 Å². The van der Waals surface area contributed by atoms with Crippen LogP contribution < -0.4 is 5.32 Å². The summed E-state index contributed by atoms with van der Waals surface area (Å²) in [7, 11) is 0. The fourth-order valence-corrected chi connectivity index (χ4v) is 2.94. The van der Waals surface area contributed by atoms with Crippen molar-refractivity contribution in [3.05, 3.63) is 0 Å². The van der Waals surface area contributed by atoms with Gasteiger partial charge in [-0.3, -0.25) is 0 Å². The molecule has 1 aliphatic rings. The maximum Gasteiger partial charge on any atom is 0.00747 e. The Morgan fingerprint density at radius 3 is 1.93 bits per heavy atom. The van der Waals surface area contributed by atoms with Crippen molar-refractivity contribution >= 4 is 0 Å². The van der Waals surface area contributed by atoms with Crippen LogP contribution in [0.1, 0.15) is 59.8 Å². The fourth-order valence-electron chi connectivity index (χ4n) is 2.94. The van der Waals surface area contributed by atoms with E-state index >= 15 is 0 Å². The molecule has 0 aromatic rings. The number of rotatable bonds is 4. The second-order valence-corrected chi connectivity index (χ2v) is 5.29. The third kappa shape index (κ3) is 3.61. The van der Waals surface area contributed by atoms with Crippen molar-refractivity contribution in [1.82, 2.24) is 5.32 Å². The van der Waals surface area contributed by atoms with Crippen molar-refractivity contribution in [3.8, 4) is 0 Å². The van der Waals surface area contributed by atoms with E-state index in [1.165, 1.54) is 32.1 Å². The summed E-state index contributed by atoms with van der Waals surface area (Å²) >= 11 is 0. The van der Waals surface area contributed by atoms with Gasteiger partial charge in [0.1, 0.15) is 0 Å². The Morgan fingerprint density at radius 1 is 1.00 bits per heavy atom. The molecule has 0 aromatic heterocycles. The van der Waals surface area contributed by atoms with Gasteiger partial charge < -0.3 is 5.32 Å². The van der Waals surface area contributed by atoms with Crippen LogP contribution in [0.5, 0.6) is 0 Å². The Morgan fingerprint density at radius 2 is 1.50 bits per heavy atom. The highest BCUT2D eigenvalue weighted by atomic mass is 14.9. The summed E-state index contributed by atoms with van der Waals surface area (Å²) in [5.41, 5.74) is 0. The summed E-state index contributed by atoms with van der Waals surface area (Å²) in [6.45, 7) is 9.38. The monoisotopic (exact) mass is 197 g/mol. The Balaban J connectivity index is 2.35. The van der Waals surface area contributed by atoms with Crippen LogP contribution in [0.4, 0.5) is 0 Å². The molecular formula is C13H27N. The minimum absolute atomic E-state index is 0.748. The average molecular weight is 197 g/mol. The van der Waals surface area contributed by atoms with E-state index in [4.69, 9.17) is 0 Å². The van der Waals surface area contributed by atoms with E-state index in [9.17, 15) is 0 Å². The van der Waals surface area contributed by atoms with Crippen LogP contribution in [0.25, 0.3) is 0 Å². The lowest BCUT2D eigenvalue weighted by atomic mass is 9.80. The molecule has 0 spiro atoms. The van der Waals surface area contributed by atoms with Gasteiger partial charge in [-0.05, 0) is 43.9 Å². The third-order valence-corrected chi connectivity index (χ3v) is 3.64. The maximum absolute atomic E-state index is 3.82. The van der Waals surface area contributed by atoms with E-state index in [1.54, 1.807) is 0 Å². The Bertz CT molecular complexity index is 141. The minimum Gasteiger partial charge on any atom is -0.311 e. The number of hydrogen-bond acceptors (Lipinski definition) is 1. The molecule has 0 amide bonds. The second-order valence-electron chi connectivity index (χ2n) is 5.29. The molecule has 0 aromatic carbocycles. The molecule has 1 saturated carbocycles. The van der Waals surface area contributed by atoms with Crippen LogP contribution in [-0.2, 0) is 0 Å². The van der Waals surface area contributed by atoms with Gasteiger partial charge in [-0.15, -0.1) is 0 Å². The standard InChI is InChI=1S/C13H27N/c1-5-12(6-2)14-13-8-10(3)7-11(4)9-13/h10-14H,5-9H2,1-4H3/t10-,11+,13?. The summed E-state index contributed by atoms with van der Waals surface area (Å²) in [5.74, 6) is 1.84. The SMILES string of the molecule is CCC(CC)NC1C[C@@H](C)C[C@@H](C)C1. The molecule has 1 rings (SSSR count). The molecular weight excluding hydrogens is 170 g/mol. The summed E-state index contributed by atoms with van der Waals surface area (Å²) in [5, 5.41) is 3.82. The zero-order valence-electron chi connectivity index (χ0n) is 10.3. The van der Waals surface area contributed by atoms with Gasteiger partial charge in [0, 0.05) is 12.1 Å². The van der Waals surface area contributed by atoms with E-state index in [1.807, 2.05) is 0 Å². The van der Waals surface area contributed by atoms with E-state index in [0.717, 1.165) is 23.9 Å². The summed E-state index contributed by atoms with van der Waals surface area (Å²) in [6, 6.07) is 1.54. The lowest BCUT2D eigenvalue weighted by Crippen LogP contribution is -2.42. The van der Waals surface area contributed by atoms with Gasteiger partial charge in [0.15, 0.2) is 0 Å². The molecule has 0 aliphatic heterocycles. The highest BCUT2D eigenvalue weighted by Crippen LogP contribution is 2.28. The molecule has 84 valence electrons. The molecule has 3 atom stereocenters. The number of hydrogen-bond donors (Lipinski definition) is 1. The second kappa shape index (κ2) is 5.75. The van der Waals surface area contributed by atoms with Gasteiger partial charge in [-0.2, -0.15) is 0 Å². The molecule has 14 heavy (non-hydrogen) atoms. The van der Waals surface area contributed by atoms with E-state index in [0.29, 0.717) is 0 Å². The molecule has 0 bridgehead atoms. The predicted octanol–water partition coefficient (Wildman–Crippen LogP) is 3.59. The largest absolute Gasteiger partial charge is 0.311 e. The van der Waals surface area contributed by atoms with Crippen LogP contribution >= 0.6 is 0 Å². The van der Waals surface area contributed by atoms with E-state index in [-0.39, 0.29) is 0 Å². The molecule has 1 nitrogen and oxygen atoms in total. The number of nitrogens with one attached hydrogen (secondary N) is 1.